The Bertz CT molecular complexity index is 607. The minimum Gasteiger partial charge on any atom is -0.353 e. The Morgan fingerprint density at radius 2 is 1.82 bits per heavy atom. The number of carbonyl (C=O) groups is 1. The summed E-state index contributed by atoms with van der Waals surface area (Å²) in [6.07, 6.45) is 0. The number of fused-ring (bicyclic) bond motifs is 2. The molecule has 0 unspecified atom stereocenters. The van der Waals surface area contributed by atoms with E-state index in [0.717, 1.165) is 21.8 Å². The third-order valence-electron chi connectivity index (χ3n) is 2.77. The molecule has 0 aliphatic carbocycles. The van der Waals surface area contributed by atoms with Gasteiger partial charge in [-0.2, -0.15) is 0 Å². The Kier molecular flexibility index (Phi) is 2.41. The van der Waals surface area contributed by atoms with Crippen molar-refractivity contribution in [3.05, 3.63) is 48.0 Å². The maximum atomic E-state index is 11.6. The van der Waals surface area contributed by atoms with E-state index in [4.69, 9.17) is 0 Å². The van der Waals surface area contributed by atoms with E-state index in [-0.39, 0.29) is 5.78 Å². The molecule has 1 aliphatic heterocycles. The van der Waals surface area contributed by atoms with Crippen LogP contribution in [0.5, 0.6) is 0 Å². The fraction of sp³-hybridized carbons (Fsp3) is 0.0714. The summed E-state index contributed by atoms with van der Waals surface area (Å²) in [7, 11) is 0. The van der Waals surface area contributed by atoms with Gasteiger partial charge in [0.1, 0.15) is 0 Å². The molecule has 0 spiro atoms. The summed E-state index contributed by atoms with van der Waals surface area (Å²) >= 11 is 1.70. The van der Waals surface area contributed by atoms with Crippen molar-refractivity contribution in [2.75, 3.05) is 5.32 Å². The van der Waals surface area contributed by atoms with Crippen LogP contribution in [0, 0.1) is 0 Å². The fourth-order valence-electron chi connectivity index (χ4n) is 1.95. The highest BCUT2D eigenvalue weighted by Crippen LogP contribution is 2.45. The Hall–Kier alpha value is -1.74. The number of hydrogen-bond donors (Lipinski definition) is 1. The predicted octanol–water partition coefficient (Wildman–Crippen LogP) is 4.10. The van der Waals surface area contributed by atoms with Gasteiger partial charge in [-0.1, -0.05) is 30.0 Å². The van der Waals surface area contributed by atoms with Crippen LogP contribution in [-0.2, 0) is 0 Å². The van der Waals surface area contributed by atoms with E-state index in [1.165, 1.54) is 4.90 Å². The first-order valence-corrected chi connectivity index (χ1v) is 6.25. The van der Waals surface area contributed by atoms with Gasteiger partial charge in [-0.15, -0.1) is 0 Å². The molecule has 0 aromatic heterocycles. The quantitative estimate of drug-likeness (QED) is 0.650. The standard InChI is InChI=1S/C14H11NOS/c1-9(16)10-5-4-8-13-14(10)15-11-6-2-3-7-12(11)17-13/h2-8,15H,1H3. The second-order valence-corrected chi connectivity index (χ2v) is 5.04. The first-order chi connectivity index (χ1) is 8.25. The molecule has 0 saturated carbocycles. The monoisotopic (exact) mass is 241 g/mol. The first-order valence-electron chi connectivity index (χ1n) is 5.43. The minimum atomic E-state index is 0.0920. The lowest BCUT2D eigenvalue weighted by molar-refractivity contribution is 0.101. The summed E-state index contributed by atoms with van der Waals surface area (Å²) < 4.78 is 0. The number of nitrogens with one attached hydrogen (secondary N) is 1. The molecule has 0 bridgehead atoms. The molecule has 2 aromatic carbocycles. The van der Waals surface area contributed by atoms with Crippen LogP contribution in [0.4, 0.5) is 11.4 Å². The van der Waals surface area contributed by atoms with Crippen LogP contribution in [-0.4, -0.2) is 5.78 Å². The minimum absolute atomic E-state index is 0.0920. The molecule has 0 atom stereocenters. The molecule has 2 aromatic rings. The SMILES string of the molecule is CC(=O)c1cccc2c1Nc1ccccc1S2. The van der Waals surface area contributed by atoms with E-state index in [1.807, 2.05) is 36.4 Å². The van der Waals surface area contributed by atoms with Crippen LogP contribution in [0.2, 0.25) is 0 Å². The van der Waals surface area contributed by atoms with E-state index >= 15 is 0 Å². The smallest absolute Gasteiger partial charge is 0.161 e. The summed E-state index contributed by atoms with van der Waals surface area (Å²) in [6.45, 7) is 1.60. The molecule has 1 aliphatic rings. The van der Waals surface area contributed by atoms with Crippen molar-refractivity contribution in [3.63, 3.8) is 0 Å². The van der Waals surface area contributed by atoms with Crippen molar-refractivity contribution < 1.29 is 4.79 Å². The largest absolute Gasteiger partial charge is 0.353 e. The Labute approximate surface area is 104 Å². The van der Waals surface area contributed by atoms with Gasteiger partial charge >= 0.3 is 0 Å². The van der Waals surface area contributed by atoms with Crippen LogP contribution in [0.25, 0.3) is 0 Å². The van der Waals surface area contributed by atoms with Crippen LogP contribution in [0.1, 0.15) is 17.3 Å². The van der Waals surface area contributed by atoms with Crippen molar-refractivity contribution in [2.24, 2.45) is 0 Å². The van der Waals surface area contributed by atoms with E-state index < -0.39 is 0 Å². The zero-order chi connectivity index (χ0) is 11.8. The number of Topliss-reactive ketones (excluding diaryl/α,β-unsaturated/α-hetero) is 1. The number of ketones is 1. The molecular formula is C14H11NOS. The van der Waals surface area contributed by atoms with Gasteiger partial charge in [-0.3, -0.25) is 4.79 Å². The lowest BCUT2D eigenvalue weighted by Crippen LogP contribution is -2.05. The van der Waals surface area contributed by atoms with Gasteiger partial charge in [0.15, 0.2) is 5.78 Å². The maximum absolute atomic E-state index is 11.6. The Balaban J connectivity index is 2.15. The van der Waals surface area contributed by atoms with Gasteiger partial charge in [0, 0.05) is 15.4 Å². The van der Waals surface area contributed by atoms with Crippen molar-refractivity contribution in [1.29, 1.82) is 0 Å². The maximum Gasteiger partial charge on any atom is 0.161 e. The van der Waals surface area contributed by atoms with Crippen molar-refractivity contribution >= 4 is 28.9 Å². The second-order valence-electron chi connectivity index (χ2n) is 3.96. The number of rotatable bonds is 1. The molecule has 1 N–H and O–H groups in total. The fourth-order valence-corrected chi connectivity index (χ4v) is 2.97. The summed E-state index contributed by atoms with van der Waals surface area (Å²) in [5.41, 5.74) is 2.76. The topological polar surface area (TPSA) is 29.1 Å². The molecule has 3 rings (SSSR count). The molecule has 17 heavy (non-hydrogen) atoms. The highest BCUT2D eigenvalue weighted by molar-refractivity contribution is 7.99. The number of hydrogen-bond acceptors (Lipinski definition) is 3. The number of carbonyl (C=O) groups excluding carboxylic acids is 1. The lowest BCUT2D eigenvalue weighted by atomic mass is 10.1. The molecule has 0 saturated heterocycles. The number of benzene rings is 2. The Morgan fingerprint density at radius 1 is 1.06 bits per heavy atom. The van der Waals surface area contributed by atoms with E-state index in [9.17, 15) is 4.79 Å². The molecule has 2 nitrogen and oxygen atoms in total. The van der Waals surface area contributed by atoms with E-state index in [1.54, 1.807) is 18.7 Å². The summed E-state index contributed by atoms with van der Waals surface area (Å²) in [4.78, 5) is 13.9. The van der Waals surface area contributed by atoms with Crippen molar-refractivity contribution in [2.45, 2.75) is 16.7 Å². The first kappa shape index (κ1) is 10.4. The van der Waals surface area contributed by atoms with Crippen molar-refractivity contribution in [3.8, 4) is 0 Å². The van der Waals surface area contributed by atoms with E-state index in [0.29, 0.717) is 0 Å². The van der Waals surface area contributed by atoms with Crippen LogP contribution in [0.15, 0.2) is 52.3 Å². The average Bonchev–Trinajstić information content (AvgIpc) is 2.35. The number of anilines is 2. The van der Waals surface area contributed by atoms with E-state index in [2.05, 4.69) is 11.4 Å². The van der Waals surface area contributed by atoms with Crippen LogP contribution in [0.3, 0.4) is 0 Å². The third-order valence-corrected chi connectivity index (χ3v) is 3.91. The summed E-state index contributed by atoms with van der Waals surface area (Å²) in [6, 6.07) is 14.0. The molecule has 0 fully saturated rings. The molecule has 0 radical (unpaired) electrons. The number of para-hydroxylation sites is 2. The van der Waals surface area contributed by atoms with Gasteiger partial charge in [-0.05, 0) is 31.2 Å². The second kappa shape index (κ2) is 3.93. The highest BCUT2D eigenvalue weighted by Gasteiger charge is 2.19. The predicted molar refractivity (Wildman–Crippen MR) is 70.3 cm³/mol. The normalized spacial score (nSPS) is 12.3. The third kappa shape index (κ3) is 1.72. The van der Waals surface area contributed by atoms with Gasteiger partial charge in [0.05, 0.1) is 11.4 Å². The molecular weight excluding hydrogens is 230 g/mol. The van der Waals surface area contributed by atoms with Crippen LogP contribution >= 0.6 is 11.8 Å². The van der Waals surface area contributed by atoms with Crippen LogP contribution < -0.4 is 5.32 Å². The van der Waals surface area contributed by atoms with Gasteiger partial charge in [0.25, 0.3) is 0 Å². The summed E-state index contributed by atoms with van der Waals surface area (Å²) in [5.74, 6) is 0.0920. The Morgan fingerprint density at radius 3 is 2.65 bits per heavy atom. The molecule has 1 heterocycles. The van der Waals surface area contributed by atoms with Gasteiger partial charge < -0.3 is 5.32 Å². The highest BCUT2D eigenvalue weighted by atomic mass is 32.2. The van der Waals surface area contributed by atoms with Crippen molar-refractivity contribution in [1.82, 2.24) is 0 Å². The average molecular weight is 241 g/mol. The summed E-state index contributed by atoms with van der Waals surface area (Å²) in [5, 5.41) is 3.35. The zero-order valence-electron chi connectivity index (χ0n) is 9.36. The lowest BCUT2D eigenvalue weighted by Gasteiger charge is -2.22. The molecule has 84 valence electrons. The van der Waals surface area contributed by atoms with Gasteiger partial charge in [-0.25, -0.2) is 0 Å². The molecule has 3 heteroatoms. The molecule has 0 amide bonds. The van der Waals surface area contributed by atoms with Gasteiger partial charge in [0.2, 0.25) is 0 Å². The zero-order valence-corrected chi connectivity index (χ0v) is 10.2.